The van der Waals surface area contributed by atoms with Crippen LogP contribution in [0.5, 0.6) is 0 Å². The number of hydrogen-bond donors (Lipinski definition) is 1. The molecule has 2 rings (SSSR count). The SMILES string of the molecule is O=C1CC=NN1CC1CCNCC1. The van der Waals surface area contributed by atoms with Crippen LogP contribution >= 0.6 is 0 Å². The highest BCUT2D eigenvalue weighted by atomic mass is 16.2. The average Bonchev–Trinajstić information content (AvgIpc) is 2.54. The number of carbonyl (C=O) groups is 1. The first-order valence-electron chi connectivity index (χ1n) is 4.90. The van der Waals surface area contributed by atoms with Gasteiger partial charge in [-0.3, -0.25) is 4.79 Å². The second-order valence-electron chi connectivity index (χ2n) is 3.67. The number of rotatable bonds is 2. The third-order valence-electron chi connectivity index (χ3n) is 2.66. The molecule has 2 aliphatic heterocycles. The van der Waals surface area contributed by atoms with E-state index in [-0.39, 0.29) is 5.91 Å². The van der Waals surface area contributed by atoms with Gasteiger partial charge in [0.05, 0.1) is 6.42 Å². The quantitative estimate of drug-likeness (QED) is 0.661. The normalized spacial score (nSPS) is 24.3. The number of nitrogens with one attached hydrogen (secondary N) is 1. The van der Waals surface area contributed by atoms with Crippen molar-refractivity contribution in [1.29, 1.82) is 0 Å². The molecule has 0 aromatic rings. The van der Waals surface area contributed by atoms with Crippen LogP contribution in [0.25, 0.3) is 0 Å². The van der Waals surface area contributed by atoms with E-state index in [1.165, 1.54) is 12.8 Å². The summed E-state index contributed by atoms with van der Waals surface area (Å²) in [5.41, 5.74) is 0. The van der Waals surface area contributed by atoms with Gasteiger partial charge >= 0.3 is 0 Å². The minimum Gasteiger partial charge on any atom is -0.317 e. The van der Waals surface area contributed by atoms with E-state index in [4.69, 9.17) is 0 Å². The number of nitrogens with zero attached hydrogens (tertiary/aromatic N) is 2. The van der Waals surface area contributed by atoms with E-state index in [0.717, 1.165) is 19.6 Å². The van der Waals surface area contributed by atoms with E-state index in [0.29, 0.717) is 12.3 Å². The van der Waals surface area contributed by atoms with Gasteiger partial charge in [0.1, 0.15) is 0 Å². The summed E-state index contributed by atoms with van der Waals surface area (Å²) in [6, 6.07) is 0. The zero-order chi connectivity index (χ0) is 9.10. The molecule has 4 heteroatoms. The van der Waals surface area contributed by atoms with Gasteiger partial charge in [-0.1, -0.05) is 0 Å². The summed E-state index contributed by atoms with van der Waals surface area (Å²) in [5.74, 6) is 0.791. The maximum absolute atomic E-state index is 11.2. The Labute approximate surface area is 78.0 Å². The Kier molecular flexibility index (Phi) is 2.59. The van der Waals surface area contributed by atoms with E-state index in [9.17, 15) is 4.79 Å². The van der Waals surface area contributed by atoms with E-state index in [2.05, 4.69) is 10.4 Å². The Hall–Kier alpha value is -0.900. The lowest BCUT2D eigenvalue weighted by Gasteiger charge is -2.25. The Bertz CT molecular complexity index is 221. The summed E-state index contributed by atoms with van der Waals surface area (Å²) in [6.07, 6.45) is 4.52. The van der Waals surface area contributed by atoms with Crippen LogP contribution in [0.15, 0.2) is 5.10 Å². The Morgan fingerprint density at radius 1 is 1.54 bits per heavy atom. The van der Waals surface area contributed by atoms with Crippen LogP contribution < -0.4 is 5.32 Å². The molecule has 72 valence electrons. The highest BCUT2D eigenvalue weighted by Crippen LogP contribution is 2.15. The number of amides is 1. The third kappa shape index (κ3) is 2.06. The van der Waals surface area contributed by atoms with Crippen LogP contribution in [0.3, 0.4) is 0 Å². The third-order valence-corrected chi connectivity index (χ3v) is 2.66. The molecule has 1 N–H and O–H groups in total. The van der Waals surface area contributed by atoms with Crippen molar-refractivity contribution < 1.29 is 4.79 Å². The molecule has 2 heterocycles. The topological polar surface area (TPSA) is 44.7 Å². The molecule has 0 saturated carbocycles. The van der Waals surface area contributed by atoms with E-state index < -0.39 is 0 Å². The molecule has 2 aliphatic rings. The zero-order valence-corrected chi connectivity index (χ0v) is 7.70. The molecular formula is C9H15N3O. The van der Waals surface area contributed by atoms with Gasteiger partial charge in [0, 0.05) is 12.8 Å². The second kappa shape index (κ2) is 3.87. The second-order valence-corrected chi connectivity index (χ2v) is 3.67. The Morgan fingerprint density at radius 2 is 2.31 bits per heavy atom. The molecule has 0 radical (unpaired) electrons. The molecule has 1 amide bonds. The molecule has 0 unspecified atom stereocenters. The average molecular weight is 181 g/mol. The van der Waals surface area contributed by atoms with Crippen molar-refractivity contribution >= 4 is 12.1 Å². The predicted octanol–water partition coefficient (Wildman–Crippen LogP) is 0.204. The summed E-state index contributed by atoms with van der Waals surface area (Å²) in [5, 5.41) is 8.98. The molecule has 1 saturated heterocycles. The number of hydrogen-bond acceptors (Lipinski definition) is 3. The molecule has 13 heavy (non-hydrogen) atoms. The first kappa shape index (κ1) is 8.69. The van der Waals surface area contributed by atoms with Gasteiger partial charge in [-0.2, -0.15) is 5.10 Å². The summed E-state index contributed by atoms with van der Waals surface area (Å²) in [6.45, 7) is 2.98. The first-order chi connectivity index (χ1) is 6.36. The molecule has 0 bridgehead atoms. The summed E-state index contributed by atoms with van der Waals surface area (Å²) >= 11 is 0. The van der Waals surface area contributed by atoms with Crippen molar-refractivity contribution in [2.45, 2.75) is 19.3 Å². The number of hydrazone groups is 1. The molecule has 4 nitrogen and oxygen atoms in total. The smallest absolute Gasteiger partial charge is 0.248 e. The minimum atomic E-state index is 0.151. The predicted molar refractivity (Wildman–Crippen MR) is 50.4 cm³/mol. The molecule has 0 spiro atoms. The Balaban J connectivity index is 1.82. The van der Waals surface area contributed by atoms with Gasteiger partial charge in [0.2, 0.25) is 5.91 Å². The van der Waals surface area contributed by atoms with Crippen molar-refractivity contribution in [1.82, 2.24) is 10.3 Å². The van der Waals surface area contributed by atoms with Gasteiger partial charge < -0.3 is 5.32 Å². The van der Waals surface area contributed by atoms with E-state index in [1.54, 1.807) is 11.2 Å². The van der Waals surface area contributed by atoms with Crippen molar-refractivity contribution in [3.63, 3.8) is 0 Å². The van der Waals surface area contributed by atoms with Crippen molar-refractivity contribution in [2.24, 2.45) is 11.0 Å². The van der Waals surface area contributed by atoms with Crippen molar-refractivity contribution in [3.8, 4) is 0 Å². The van der Waals surface area contributed by atoms with Crippen LogP contribution in [-0.4, -0.2) is 36.8 Å². The van der Waals surface area contributed by atoms with Crippen LogP contribution in [0.4, 0.5) is 0 Å². The molecular weight excluding hydrogens is 166 g/mol. The van der Waals surface area contributed by atoms with Gasteiger partial charge in [-0.15, -0.1) is 0 Å². The van der Waals surface area contributed by atoms with Crippen molar-refractivity contribution in [2.75, 3.05) is 19.6 Å². The van der Waals surface area contributed by atoms with E-state index in [1.807, 2.05) is 0 Å². The lowest BCUT2D eigenvalue weighted by molar-refractivity contribution is -0.129. The van der Waals surface area contributed by atoms with Crippen LogP contribution in [-0.2, 0) is 4.79 Å². The maximum Gasteiger partial charge on any atom is 0.248 e. The largest absolute Gasteiger partial charge is 0.317 e. The lowest BCUT2D eigenvalue weighted by atomic mass is 9.98. The van der Waals surface area contributed by atoms with Gasteiger partial charge in [0.25, 0.3) is 0 Å². The fourth-order valence-corrected chi connectivity index (χ4v) is 1.85. The van der Waals surface area contributed by atoms with Gasteiger partial charge in [-0.25, -0.2) is 5.01 Å². The van der Waals surface area contributed by atoms with Gasteiger partial charge in [0.15, 0.2) is 0 Å². The number of piperidine rings is 1. The van der Waals surface area contributed by atoms with Crippen molar-refractivity contribution in [3.05, 3.63) is 0 Å². The number of carbonyl (C=O) groups excluding carboxylic acids is 1. The summed E-state index contributed by atoms with van der Waals surface area (Å²) in [4.78, 5) is 11.2. The summed E-state index contributed by atoms with van der Waals surface area (Å²) < 4.78 is 0. The Morgan fingerprint density at radius 3 is 2.92 bits per heavy atom. The summed E-state index contributed by atoms with van der Waals surface area (Å²) in [7, 11) is 0. The van der Waals surface area contributed by atoms with Crippen LogP contribution in [0, 0.1) is 5.92 Å². The van der Waals surface area contributed by atoms with Gasteiger partial charge in [-0.05, 0) is 31.8 Å². The van der Waals surface area contributed by atoms with E-state index >= 15 is 0 Å². The standard InChI is InChI=1S/C9H15N3O/c13-9-3-6-11-12(9)7-8-1-4-10-5-2-8/h6,8,10H,1-5,7H2. The monoisotopic (exact) mass is 181 g/mol. The van der Waals surface area contributed by atoms with Crippen LogP contribution in [0.1, 0.15) is 19.3 Å². The fourth-order valence-electron chi connectivity index (χ4n) is 1.85. The molecule has 1 fully saturated rings. The first-order valence-corrected chi connectivity index (χ1v) is 4.90. The molecule has 0 aromatic heterocycles. The molecule has 0 aromatic carbocycles. The highest BCUT2D eigenvalue weighted by molar-refractivity contribution is 5.93. The maximum atomic E-state index is 11.2. The molecule has 0 aliphatic carbocycles. The molecule has 0 atom stereocenters. The highest BCUT2D eigenvalue weighted by Gasteiger charge is 2.22. The lowest BCUT2D eigenvalue weighted by Crippen LogP contribution is -2.35. The van der Waals surface area contributed by atoms with Crippen LogP contribution in [0.2, 0.25) is 0 Å². The zero-order valence-electron chi connectivity index (χ0n) is 7.70. The minimum absolute atomic E-state index is 0.151. The fraction of sp³-hybridized carbons (Fsp3) is 0.778.